The maximum absolute atomic E-state index is 11.8. The molecule has 4 rings (SSSR count). The van der Waals surface area contributed by atoms with Crippen LogP contribution >= 0.6 is 11.6 Å². The topological polar surface area (TPSA) is 101 Å². The molecule has 0 aliphatic rings. The Bertz CT molecular complexity index is 1730. The minimum absolute atomic E-state index is 0.121. The van der Waals surface area contributed by atoms with Crippen molar-refractivity contribution < 1.29 is 38.4 Å². The van der Waals surface area contributed by atoms with Crippen LogP contribution in [0.3, 0.4) is 0 Å². The predicted octanol–water partition coefficient (Wildman–Crippen LogP) is 9.00. The van der Waals surface area contributed by atoms with Crippen LogP contribution in [-0.4, -0.2) is 45.5 Å². The molecule has 0 amide bonds. The summed E-state index contributed by atoms with van der Waals surface area (Å²) in [7, 11) is 6.05. The fourth-order valence-electron chi connectivity index (χ4n) is 5.38. The quantitative estimate of drug-likeness (QED) is 0.128. The van der Waals surface area contributed by atoms with Crippen molar-refractivity contribution in [1.29, 1.82) is 0 Å². The van der Waals surface area contributed by atoms with E-state index in [2.05, 4.69) is 18.6 Å². The average Bonchev–Trinajstić information content (AvgIpc) is 3.16. The van der Waals surface area contributed by atoms with Crippen LogP contribution in [0.15, 0.2) is 48.5 Å². The van der Waals surface area contributed by atoms with E-state index < -0.39 is 0 Å². The molecule has 0 aromatic heterocycles. The maximum atomic E-state index is 11.8. The first kappa shape index (κ1) is 42.5. The molecule has 0 fully saturated rings. The van der Waals surface area contributed by atoms with Gasteiger partial charge in [-0.15, -0.1) is 11.6 Å². The number of phenols is 1. The van der Waals surface area contributed by atoms with Gasteiger partial charge in [0.2, 0.25) is 0 Å². The Morgan fingerprint density at radius 1 is 0.549 bits per heavy atom. The van der Waals surface area contributed by atoms with E-state index >= 15 is 0 Å². The number of halogens is 1. The molecule has 51 heavy (non-hydrogen) atoms. The van der Waals surface area contributed by atoms with Gasteiger partial charge in [-0.2, -0.15) is 0 Å². The average molecular weight is 721 g/mol. The highest BCUT2D eigenvalue weighted by Gasteiger charge is 2.20. The Kier molecular flexibility index (Phi) is 16.9. The highest BCUT2D eigenvalue weighted by atomic mass is 35.5. The van der Waals surface area contributed by atoms with Crippen LogP contribution in [0.2, 0.25) is 0 Å². The molecule has 9 heteroatoms. The van der Waals surface area contributed by atoms with E-state index in [0.29, 0.717) is 18.1 Å². The van der Waals surface area contributed by atoms with Gasteiger partial charge in [0.25, 0.3) is 0 Å². The van der Waals surface area contributed by atoms with Gasteiger partial charge in [-0.25, -0.2) is 0 Å². The highest BCUT2D eigenvalue weighted by Crippen LogP contribution is 2.34. The predicted molar refractivity (Wildman–Crippen MR) is 204 cm³/mol. The summed E-state index contributed by atoms with van der Waals surface area (Å²) in [4.78, 5) is 23.1. The second kappa shape index (κ2) is 20.2. The van der Waals surface area contributed by atoms with Crippen molar-refractivity contribution in [3.8, 4) is 23.0 Å². The van der Waals surface area contributed by atoms with Crippen molar-refractivity contribution in [2.24, 2.45) is 0 Å². The summed E-state index contributed by atoms with van der Waals surface area (Å²) in [5.41, 5.74) is 12.2. The molecule has 8 nitrogen and oxygen atoms in total. The molecule has 0 spiro atoms. The lowest BCUT2D eigenvalue weighted by atomic mass is 9.91. The minimum atomic E-state index is -0.332. The number of rotatable bonds is 10. The number of esters is 2. The molecule has 4 aromatic carbocycles. The molecular formula is C42H53ClO8. The van der Waals surface area contributed by atoms with E-state index in [9.17, 15) is 14.7 Å². The third kappa shape index (κ3) is 11.4. The Morgan fingerprint density at radius 3 is 1.37 bits per heavy atom. The van der Waals surface area contributed by atoms with E-state index in [1.807, 2.05) is 90.1 Å². The van der Waals surface area contributed by atoms with Crippen LogP contribution in [0, 0.1) is 55.4 Å². The van der Waals surface area contributed by atoms with Crippen LogP contribution in [-0.2, 0) is 44.4 Å². The molecule has 0 heterocycles. The number of benzene rings is 4. The largest absolute Gasteiger partial charge is 0.507 e. The Balaban J connectivity index is 0.000000295. The van der Waals surface area contributed by atoms with Gasteiger partial charge in [0.05, 0.1) is 41.3 Å². The summed E-state index contributed by atoms with van der Waals surface area (Å²) in [6.45, 7) is 16.4. The summed E-state index contributed by atoms with van der Waals surface area (Å²) in [5.74, 6) is 2.64. The molecule has 4 aromatic rings. The third-order valence-electron chi connectivity index (χ3n) is 9.49. The van der Waals surface area contributed by atoms with Crippen LogP contribution in [0.25, 0.3) is 0 Å². The van der Waals surface area contributed by atoms with Gasteiger partial charge in [0, 0.05) is 17.0 Å². The minimum Gasteiger partial charge on any atom is -0.507 e. The first-order chi connectivity index (χ1) is 24.1. The SMILES string of the molecule is COC(=O)Cc1c(C)c(C)c(C)c(C)c1O.COC(=O)Cc1c(C)c(C)c(C)c(C)c1OCc1ccc(OC)cc1.COc1ccc(CCl)cc1. The van der Waals surface area contributed by atoms with Crippen LogP contribution < -0.4 is 14.2 Å². The van der Waals surface area contributed by atoms with Crippen molar-refractivity contribution >= 4 is 23.5 Å². The molecule has 276 valence electrons. The number of alkyl halides is 1. The number of ether oxygens (including phenoxy) is 5. The molecule has 0 radical (unpaired) electrons. The molecule has 0 saturated carbocycles. The molecule has 0 bridgehead atoms. The van der Waals surface area contributed by atoms with E-state index in [-0.39, 0.29) is 30.5 Å². The number of carbonyl (C=O) groups excluding carboxylic acids is 2. The second-order valence-corrected chi connectivity index (χ2v) is 12.5. The van der Waals surface area contributed by atoms with Crippen LogP contribution in [0.1, 0.15) is 66.8 Å². The molecule has 1 N–H and O–H groups in total. The van der Waals surface area contributed by atoms with E-state index in [1.54, 1.807) is 14.2 Å². The fourth-order valence-corrected chi connectivity index (χ4v) is 5.55. The number of aromatic hydroxyl groups is 1. The number of phenolic OH excluding ortho intramolecular Hbond substituents is 1. The zero-order valence-electron chi connectivity index (χ0n) is 32.1. The molecule has 0 saturated heterocycles. The van der Waals surface area contributed by atoms with Crippen molar-refractivity contribution in [3.63, 3.8) is 0 Å². The number of hydrogen-bond donors (Lipinski definition) is 1. The molecular weight excluding hydrogens is 668 g/mol. The van der Waals surface area contributed by atoms with Gasteiger partial charge < -0.3 is 28.8 Å². The Morgan fingerprint density at radius 2 is 0.941 bits per heavy atom. The molecule has 0 atom stereocenters. The lowest BCUT2D eigenvalue weighted by Gasteiger charge is -2.21. The summed E-state index contributed by atoms with van der Waals surface area (Å²) in [6, 6.07) is 15.5. The van der Waals surface area contributed by atoms with E-state index in [0.717, 1.165) is 67.3 Å². The number of hydrogen-bond acceptors (Lipinski definition) is 8. The molecule has 0 aliphatic heterocycles. The molecule has 0 aliphatic carbocycles. The highest BCUT2D eigenvalue weighted by molar-refractivity contribution is 6.17. The lowest BCUT2D eigenvalue weighted by Crippen LogP contribution is -2.11. The van der Waals surface area contributed by atoms with Gasteiger partial charge in [-0.1, -0.05) is 24.3 Å². The fraction of sp³-hybridized carbons (Fsp3) is 0.381. The van der Waals surface area contributed by atoms with Crippen molar-refractivity contribution in [1.82, 2.24) is 0 Å². The standard InChI is InChI=1S/C21H26O4.C13H18O3.C8H9ClO/c1-13-14(2)16(4)21(19(15(13)3)11-20(22)24-6)25-12-17-7-9-18(23-5)10-8-17;1-7-8(2)10(4)13(15)11(9(7)3)6-12(14)16-5;1-10-8-4-2-7(6-9)3-5-8/h7-10H,11-12H2,1-6H3;15H,6H2,1-5H3;2-5H,6H2,1H3. The van der Waals surface area contributed by atoms with Gasteiger partial charge in [0.15, 0.2) is 0 Å². The van der Waals surface area contributed by atoms with Crippen LogP contribution in [0.4, 0.5) is 0 Å². The van der Waals surface area contributed by atoms with E-state index in [4.69, 9.17) is 30.5 Å². The van der Waals surface area contributed by atoms with Crippen LogP contribution in [0.5, 0.6) is 23.0 Å². The second-order valence-electron chi connectivity index (χ2n) is 12.3. The summed E-state index contributed by atoms with van der Waals surface area (Å²) < 4.78 is 25.8. The van der Waals surface area contributed by atoms with Crippen molar-refractivity contribution in [2.75, 3.05) is 28.4 Å². The van der Waals surface area contributed by atoms with Gasteiger partial charge in [0.1, 0.15) is 29.6 Å². The lowest BCUT2D eigenvalue weighted by molar-refractivity contribution is -0.140. The summed E-state index contributed by atoms with van der Waals surface area (Å²) in [5, 5.41) is 10.0. The summed E-state index contributed by atoms with van der Waals surface area (Å²) >= 11 is 5.58. The Hall–Kier alpha value is -4.69. The van der Waals surface area contributed by atoms with Gasteiger partial charge in [-0.05, 0) is 135 Å². The zero-order chi connectivity index (χ0) is 38.4. The third-order valence-corrected chi connectivity index (χ3v) is 9.80. The number of methoxy groups -OCH3 is 4. The van der Waals surface area contributed by atoms with Crippen molar-refractivity contribution in [3.05, 3.63) is 115 Å². The molecule has 0 unspecified atom stereocenters. The van der Waals surface area contributed by atoms with Gasteiger partial charge in [-0.3, -0.25) is 9.59 Å². The number of carbonyl (C=O) groups is 2. The Labute approximate surface area is 308 Å². The monoisotopic (exact) mass is 720 g/mol. The first-order valence-electron chi connectivity index (χ1n) is 16.6. The first-order valence-corrected chi connectivity index (χ1v) is 17.1. The van der Waals surface area contributed by atoms with Gasteiger partial charge >= 0.3 is 11.9 Å². The normalized spacial score (nSPS) is 10.2. The summed E-state index contributed by atoms with van der Waals surface area (Å²) in [6.07, 6.45) is 0.332. The maximum Gasteiger partial charge on any atom is 0.310 e. The van der Waals surface area contributed by atoms with Crippen molar-refractivity contribution in [2.45, 2.75) is 80.7 Å². The zero-order valence-corrected chi connectivity index (χ0v) is 32.9. The smallest absolute Gasteiger partial charge is 0.310 e. The van der Waals surface area contributed by atoms with E-state index in [1.165, 1.54) is 25.3 Å².